The van der Waals surface area contributed by atoms with Gasteiger partial charge in [0.1, 0.15) is 4.88 Å². The van der Waals surface area contributed by atoms with Crippen LogP contribution in [0.2, 0.25) is 0 Å². The molecule has 1 aromatic heterocycles. The first kappa shape index (κ1) is 25.8. The zero-order chi connectivity index (χ0) is 21.2. The van der Waals surface area contributed by atoms with E-state index in [-0.39, 0.29) is 35.8 Å². The largest absolute Gasteiger partial charge is 0.356 e. The van der Waals surface area contributed by atoms with E-state index < -0.39 is 0 Å². The van der Waals surface area contributed by atoms with Crippen LogP contribution < -0.4 is 16.0 Å². The van der Waals surface area contributed by atoms with Gasteiger partial charge < -0.3 is 20.9 Å². The molecule has 0 radical (unpaired) electrons. The van der Waals surface area contributed by atoms with Crippen molar-refractivity contribution >= 4 is 53.1 Å². The number of aromatic nitrogens is 1. The van der Waals surface area contributed by atoms with Crippen LogP contribution in [0, 0.1) is 6.92 Å². The third-order valence-electron chi connectivity index (χ3n) is 4.16. The lowest BCUT2D eigenvalue weighted by molar-refractivity contribution is 0.0827. The topological polar surface area (TPSA) is 98.7 Å². The molecule has 30 heavy (non-hydrogen) atoms. The Hall–Kier alpha value is -2.21. The molecule has 0 saturated carbocycles. The molecule has 0 saturated heterocycles. The van der Waals surface area contributed by atoms with Crippen molar-refractivity contribution in [3.8, 4) is 0 Å². The number of rotatable bonds is 8. The third-order valence-corrected chi connectivity index (χ3v) is 5.09. The predicted octanol–water partition coefficient (Wildman–Crippen LogP) is 1.91. The van der Waals surface area contributed by atoms with Crippen LogP contribution in [0.15, 0.2) is 34.8 Å². The van der Waals surface area contributed by atoms with E-state index in [0.717, 1.165) is 17.7 Å². The van der Waals surface area contributed by atoms with Crippen molar-refractivity contribution in [3.05, 3.63) is 51.5 Å². The molecule has 0 aliphatic heterocycles. The minimum Gasteiger partial charge on any atom is -0.356 e. The fourth-order valence-corrected chi connectivity index (χ4v) is 3.34. The molecular formula is C20H29IN6O2S. The molecule has 0 unspecified atom stereocenters. The minimum absolute atomic E-state index is 0. The molecule has 8 nitrogen and oxygen atoms in total. The standard InChI is InChI=1S/C20H28N6O2S.HI/c1-14-17(29-13-25-14)18(27)22-10-11-24-20(21-2)23-9-8-15-6-5-7-16(12-15)19(28)26(3)4;/h5-7,12-13H,8-11H2,1-4H3,(H,22,27)(H2,21,23,24);1H. The van der Waals surface area contributed by atoms with Gasteiger partial charge in [0, 0.05) is 46.3 Å². The SMILES string of the molecule is CN=C(NCCNC(=O)c1scnc1C)NCCc1cccc(C(=O)N(C)C)c1.I. The number of hydrogen-bond donors (Lipinski definition) is 3. The van der Waals surface area contributed by atoms with Crippen molar-refractivity contribution in [2.75, 3.05) is 40.8 Å². The number of guanidine groups is 1. The number of aryl methyl sites for hydroxylation is 1. The van der Waals surface area contributed by atoms with Gasteiger partial charge in [-0.05, 0) is 31.0 Å². The Morgan fingerprint density at radius 3 is 2.47 bits per heavy atom. The van der Waals surface area contributed by atoms with Crippen molar-refractivity contribution in [2.45, 2.75) is 13.3 Å². The van der Waals surface area contributed by atoms with Gasteiger partial charge in [0.05, 0.1) is 11.2 Å². The second kappa shape index (κ2) is 13.2. The fourth-order valence-electron chi connectivity index (χ4n) is 2.62. The molecule has 1 heterocycles. The molecule has 2 amide bonds. The highest BCUT2D eigenvalue weighted by Crippen LogP contribution is 2.11. The Balaban J connectivity index is 0.00000450. The van der Waals surface area contributed by atoms with Gasteiger partial charge in [-0.3, -0.25) is 14.6 Å². The van der Waals surface area contributed by atoms with Gasteiger partial charge in [-0.1, -0.05) is 12.1 Å². The molecule has 0 spiro atoms. The van der Waals surface area contributed by atoms with Gasteiger partial charge in [-0.25, -0.2) is 4.98 Å². The summed E-state index contributed by atoms with van der Waals surface area (Å²) in [6, 6.07) is 7.63. The summed E-state index contributed by atoms with van der Waals surface area (Å²) in [5.41, 5.74) is 4.17. The van der Waals surface area contributed by atoms with Crippen molar-refractivity contribution in [3.63, 3.8) is 0 Å². The van der Waals surface area contributed by atoms with E-state index in [0.29, 0.717) is 36.0 Å². The molecule has 2 rings (SSSR count). The summed E-state index contributed by atoms with van der Waals surface area (Å²) in [5.74, 6) is 0.545. The number of hydrogen-bond acceptors (Lipinski definition) is 5. The van der Waals surface area contributed by atoms with Gasteiger partial charge in [0.15, 0.2) is 5.96 Å². The highest BCUT2D eigenvalue weighted by atomic mass is 127. The molecule has 2 aromatic rings. The summed E-state index contributed by atoms with van der Waals surface area (Å²) >= 11 is 1.34. The number of benzene rings is 1. The van der Waals surface area contributed by atoms with Gasteiger partial charge >= 0.3 is 0 Å². The number of nitrogens with zero attached hydrogens (tertiary/aromatic N) is 3. The lowest BCUT2D eigenvalue weighted by Crippen LogP contribution is -2.42. The molecule has 164 valence electrons. The number of halogens is 1. The van der Waals surface area contributed by atoms with E-state index in [4.69, 9.17) is 0 Å². The van der Waals surface area contributed by atoms with Crippen molar-refractivity contribution in [1.29, 1.82) is 0 Å². The normalized spacial score (nSPS) is 10.7. The minimum atomic E-state index is -0.109. The van der Waals surface area contributed by atoms with Crippen LogP contribution in [0.4, 0.5) is 0 Å². The quantitative estimate of drug-likeness (QED) is 0.204. The maximum absolute atomic E-state index is 12.1. The van der Waals surface area contributed by atoms with E-state index in [1.165, 1.54) is 11.3 Å². The fraction of sp³-hybridized carbons (Fsp3) is 0.400. The Bertz CT molecular complexity index is 868. The second-order valence-corrected chi connectivity index (χ2v) is 7.45. The lowest BCUT2D eigenvalue weighted by Gasteiger charge is -2.13. The van der Waals surface area contributed by atoms with Gasteiger partial charge in [-0.2, -0.15) is 0 Å². The molecule has 10 heteroatoms. The summed E-state index contributed by atoms with van der Waals surface area (Å²) in [7, 11) is 5.19. The average molecular weight is 544 g/mol. The van der Waals surface area contributed by atoms with Crippen LogP contribution in [-0.2, 0) is 6.42 Å². The Morgan fingerprint density at radius 2 is 1.83 bits per heavy atom. The molecule has 0 fully saturated rings. The number of amides is 2. The van der Waals surface area contributed by atoms with Crippen LogP contribution in [0.25, 0.3) is 0 Å². The van der Waals surface area contributed by atoms with E-state index in [1.807, 2.05) is 31.2 Å². The van der Waals surface area contributed by atoms with Crippen molar-refractivity contribution in [2.24, 2.45) is 4.99 Å². The highest BCUT2D eigenvalue weighted by Gasteiger charge is 2.11. The molecule has 3 N–H and O–H groups in total. The highest BCUT2D eigenvalue weighted by molar-refractivity contribution is 14.0. The summed E-state index contributed by atoms with van der Waals surface area (Å²) in [6.45, 7) is 3.52. The molecule has 1 aromatic carbocycles. The average Bonchev–Trinajstić information content (AvgIpc) is 3.15. The predicted molar refractivity (Wildman–Crippen MR) is 132 cm³/mol. The van der Waals surface area contributed by atoms with Crippen LogP contribution in [0.5, 0.6) is 0 Å². The third kappa shape index (κ3) is 7.90. The van der Waals surface area contributed by atoms with Gasteiger partial charge in [0.2, 0.25) is 0 Å². The lowest BCUT2D eigenvalue weighted by atomic mass is 10.1. The van der Waals surface area contributed by atoms with E-state index in [1.54, 1.807) is 31.6 Å². The Kier molecular flexibility index (Phi) is 11.3. The Morgan fingerprint density at radius 1 is 1.13 bits per heavy atom. The molecule has 0 bridgehead atoms. The molecule has 0 aliphatic carbocycles. The van der Waals surface area contributed by atoms with E-state index >= 15 is 0 Å². The number of carbonyl (C=O) groups is 2. The van der Waals surface area contributed by atoms with Crippen molar-refractivity contribution < 1.29 is 9.59 Å². The van der Waals surface area contributed by atoms with Crippen LogP contribution >= 0.6 is 35.3 Å². The first-order valence-electron chi connectivity index (χ1n) is 9.35. The van der Waals surface area contributed by atoms with Crippen molar-refractivity contribution in [1.82, 2.24) is 25.8 Å². The smallest absolute Gasteiger partial charge is 0.263 e. The van der Waals surface area contributed by atoms with Gasteiger partial charge in [-0.15, -0.1) is 35.3 Å². The van der Waals surface area contributed by atoms with Gasteiger partial charge in [0.25, 0.3) is 11.8 Å². The zero-order valence-electron chi connectivity index (χ0n) is 17.7. The molecule has 0 aliphatic rings. The summed E-state index contributed by atoms with van der Waals surface area (Å²) in [6.07, 6.45) is 0.761. The summed E-state index contributed by atoms with van der Waals surface area (Å²) < 4.78 is 0. The first-order chi connectivity index (χ1) is 13.9. The summed E-state index contributed by atoms with van der Waals surface area (Å²) in [5, 5.41) is 9.27. The zero-order valence-corrected chi connectivity index (χ0v) is 20.8. The maximum Gasteiger partial charge on any atom is 0.263 e. The van der Waals surface area contributed by atoms with E-state index in [2.05, 4.69) is 25.9 Å². The molecule has 0 atom stereocenters. The first-order valence-corrected chi connectivity index (χ1v) is 10.2. The van der Waals surface area contributed by atoms with Crippen LogP contribution in [0.3, 0.4) is 0 Å². The summed E-state index contributed by atoms with van der Waals surface area (Å²) in [4.78, 5) is 34.6. The Labute approximate surface area is 198 Å². The maximum atomic E-state index is 12.1. The van der Waals surface area contributed by atoms with Crippen LogP contribution in [0.1, 0.15) is 31.3 Å². The molecular weight excluding hydrogens is 515 g/mol. The number of carbonyl (C=O) groups excluding carboxylic acids is 2. The number of thiazole rings is 1. The second-order valence-electron chi connectivity index (χ2n) is 6.60. The number of aliphatic imine (C=N–C) groups is 1. The number of nitrogens with one attached hydrogen (secondary N) is 3. The monoisotopic (exact) mass is 544 g/mol. The van der Waals surface area contributed by atoms with E-state index in [9.17, 15) is 9.59 Å². The van der Waals surface area contributed by atoms with Crippen LogP contribution in [-0.4, -0.2) is 68.4 Å².